The molecule has 0 spiro atoms. The van der Waals surface area contributed by atoms with E-state index in [1.165, 1.54) is 0 Å². The Kier molecular flexibility index (Phi) is 5.60. The number of ether oxygens (including phenoxy) is 1. The van der Waals surface area contributed by atoms with E-state index >= 15 is 0 Å². The van der Waals surface area contributed by atoms with Crippen LogP contribution >= 0.6 is 15.9 Å². The largest absolute Gasteiger partial charge is 0.441 e. The van der Waals surface area contributed by atoms with Gasteiger partial charge in [0.1, 0.15) is 23.2 Å². The van der Waals surface area contributed by atoms with E-state index in [0.717, 1.165) is 21.3 Å². The lowest BCUT2D eigenvalue weighted by Crippen LogP contribution is -2.17. The summed E-state index contributed by atoms with van der Waals surface area (Å²) in [5.74, 6) is 0.392. The monoisotopic (exact) mass is 429 g/mol. The topological polar surface area (TPSA) is 77.2 Å². The van der Waals surface area contributed by atoms with Crippen LogP contribution in [0, 0.1) is 20.8 Å². The number of aryl methyl sites for hydroxylation is 3. The molecule has 3 rings (SSSR count). The van der Waals surface area contributed by atoms with Crippen LogP contribution in [0.15, 0.2) is 45.4 Å². The Labute approximate surface area is 166 Å². The molecule has 2 aromatic heterocycles. The summed E-state index contributed by atoms with van der Waals surface area (Å²) in [7, 11) is 0. The average molecular weight is 430 g/mol. The summed E-state index contributed by atoms with van der Waals surface area (Å²) in [5.41, 5.74) is 4.41. The second kappa shape index (κ2) is 7.92. The number of benzene rings is 1. The van der Waals surface area contributed by atoms with Crippen molar-refractivity contribution in [3.05, 3.63) is 63.4 Å². The zero-order chi connectivity index (χ0) is 19.6. The second-order valence-corrected chi connectivity index (χ2v) is 7.12. The van der Waals surface area contributed by atoms with Crippen LogP contribution in [0.1, 0.15) is 35.5 Å². The Morgan fingerprint density at radius 2 is 1.89 bits per heavy atom. The van der Waals surface area contributed by atoms with Crippen molar-refractivity contribution in [2.75, 3.05) is 5.32 Å². The van der Waals surface area contributed by atoms with Crippen molar-refractivity contribution in [3.63, 3.8) is 0 Å². The zero-order valence-electron chi connectivity index (χ0n) is 15.5. The number of nitrogens with one attached hydrogen (secondary N) is 1. The number of nitrogens with zero attached hydrogens (tertiary/aromatic N) is 2. The highest BCUT2D eigenvalue weighted by molar-refractivity contribution is 9.10. The van der Waals surface area contributed by atoms with Crippen LogP contribution < -0.4 is 5.32 Å². The van der Waals surface area contributed by atoms with Gasteiger partial charge in [-0.25, -0.2) is 9.78 Å². The fourth-order valence-electron chi connectivity index (χ4n) is 2.76. The van der Waals surface area contributed by atoms with Gasteiger partial charge in [-0.05, 0) is 66.9 Å². The first-order valence-corrected chi connectivity index (χ1v) is 9.29. The normalized spacial score (nSPS) is 11.9. The molecule has 1 N–H and O–H groups in total. The van der Waals surface area contributed by atoms with Gasteiger partial charge in [-0.15, -0.1) is 0 Å². The van der Waals surface area contributed by atoms with Gasteiger partial charge in [0.2, 0.25) is 5.76 Å². The smallest absolute Gasteiger partial charge is 0.412 e. The van der Waals surface area contributed by atoms with E-state index in [2.05, 4.69) is 31.4 Å². The predicted molar refractivity (Wildman–Crippen MR) is 107 cm³/mol. The summed E-state index contributed by atoms with van der Waals surface area (Å²) in [4.78, 5) is 16.9. The third-order valence-corrected chi connectivity index (χ3v) is 5.09. The highest BCUT2D eigenvalue weighted by atomic mass is 79.9. The molecule has 0 radical (unpaired) electrons. The molecule has 3 aromatic rings. The molecule has 1 atom stereocenters. The molecular weight excluding hydrogens is 410 g/mol. The van der Waals surface area contributed by atoms with E-state index in [-0.39, 0.29) is 6.10 Å². The van der Waals surface area contributed by atoms with E-state index in [0.29, 0.717) is 22.8 Å². The summed E-state index contributed by atoms with van der Waals surface area (Å²) in [5, 5.41) is 6.69. The molecule has 2 heterocycles. The molecule has 0 aliphatic carbocycles. The SMILES string of the molecule is Cc1ccccc1[C@@H](C)OC(=O)Nc1c(C)noc1-c1ccc(Br)c(C)n1. The van der Waals surface area contributed by atoms with Crippen LogP contribution in [0.2, 0.25) is 0 Å². The molecule has 6 nitrogen and oxygen atoms in total. The fraction of sp³-hybridized carbons (Fsp3) is 0.250. The van der Waals surface area contributed by atoms with Crippen LogP contribution in [0.4, 0.5) is 10.5 Å². The number of aromatic nitrogens is 2. The number of amides is 1. The third kappa shape index (κ3) is 4.19. The van der Waals surface area contributed by atoms with Gasteiger partial charge in [0, 0.05) is 4.47 Å². The molecule has 0 aliphatic heterocycles. The van der Waals surface area contributed by atoms with Crippen LogP contribution in [0.25, 0.3) is 11.5 Å². The first kappa shape index (κ1) is 19.1. The molecular formula is C20H20BrN3O3. The maximum atomic E-state index is 12.4. The minimum absolute atomic E-state index is 0.386. The van der Waals surface area contributed by atoms with Gasteiger partial charge in [0.05, 0.1) is 5.69 Å². The molecule has 0 saturated carbocycles. The molecule has 1 aromatic carbocycles. The van der Waals surface area contributed by atoms with Crippen molar-refractivity contribution >= 4 is 27.7 Å². The van der Waals surface area contributed by atoms with Crippen molar-refractivity contribution in [2.45, 2.75) is 33.8 Å². The minimum Gasteiger partial charge on any atom is -0.441 e. The van der Waals surface area contributed by atoms with Crippen molar-refractivity contribution < 1.29 is 14.1 Å². The first-order chi connectivity index (χ1) is 12.9. The Bertz CT molecular complexity index is 984. The van der Waals surface area contributed by atoms with Crippen molar-refractivity contribution in [1.29, 1.82) is 0 Å². The van der Waals surface area contributed by atoms with E-state index in [9.17, 15) is 4.79 Å². The van der Waals surface area contributed by atoms with E-state index in [1.807, 2.05) is 51.1 Å². The van der Waals surface area contributed by atoms with E-state index < -0.39 is 6.09 Å². The van der Waals surface area contributed by atoms with Gasteiger partial charge in [-0.3, -0.25) is 5.32 Å². The predicted octanol–water partition coefficient (Wildman–Crippen LogP) is 5.73. The fourth-order valence-corrected chi connectivity index (χ4v) is 2.98. The summed E-state index contributed by atoms with van der Waals surface area (Å²) in [6.45, 7) is 7.45. The number of halogens is 1. The van der Waals surface area contributed by atoms with E-state index in [1.54, 1.807) is 13.0 Å². The summed E-state index contributed by atoms with van der Waals surface area (Å²) >= 11 is 3.42. The minimum atomic E-state index is -0.577. The Morgan fingerprint density at radius 1 is 1.15 bits per heavy atom. The standard InChI is InChI=1S/C20H20BrN3O3/c1-11-7-5-6-8-15(11)14(4)26-20(25)23-18-13(3)24-27-19(18)17-10-9-16(21)12(2)22-17/h5-10,14H,1-4H3,(H,23,25)/t14-/m1/s1. The van der Waals surface area contributed by atoms with Crippen LogP contribution in [0.3, 0.4) is 0 Å². The van der Waals surface area contributed by atoms with Crippen molar-refractivity contribution in [1.82, 2.24) is 10.1 Å². The number of hydrogen-bond acceptors (Lipinski definition) is 5. The molecule has 0 aliphatic rings. The average Bonchev–Trinajstić information content (AvgIpc) is 2.98. The first-order valence-electron chi connectivity index (χ1n) is 8.49. The third-order valence-electron chi connectivity index (χ3n) is 4.25. The van der Waals surface area contributed by atoms with Crippen LogP contribution in [-0.4, -0.2) is 16.2 Å². The van der Waals surface area contributed by atoms with Gasteiger partial charge in [0.25, 0.3) is 0 Å². The molecule has 0 saturated heterocycles. The van der Waals surface area contributed by atoms with Crippen molar-refractivity contribution in [3.8, 4) is 11.5 Å². The quantitative estimate of drug-likeness (QED) is 0.572. The Morgan fingerprint density at radius 3 is 2.59 bits per heavy atom. The molecule has 0 unspecified atom stereocenters. The summed E-state index contributed by atoms with van der Waals surface area (Å²) < 4.78 is 11.8. The van der Waals surface area contributed by atoms with Crippen LogP contribution in [-0.2, 0) is 4.74 Å². The van der Waals surface area contributed by atoms with Crippen molar-refractivity contribution in [2.24, 2.45) is 0 Å². The number of pyridine rings is 1. The lowest BCUT2D eigenvalue weighted by molar-refractivity contribution is 0.121. The van der Waals surface area contributed by atoms with Gasteiger partial charge in [0.15, 0.2) is 0 Å². The number of rotatable bonds is 4. The highest BCUT2D eigenvalue weighted by Crippen LogP contribution is 2.31. The summed E-state index contributed by atoms with van der Waals surface area (Å²) in [6.07, 6.45) is -0.963. The van der Waals surface area contributed by atoms with Gasteiger partial charge >= 0.3 is 6.09 Å². The molecule has 0 bridgehead atoms. The van der Waals surface area contributed by atoms with Gasteiger partial charge in [-0.2, -0.15) is 0 Å². The lowest BCUT2D eigenvalue weighted by Gasteiger charge is -2.16. The molecule has 1 amide bonds. The van der Waals surface area contributed by atoms with Gasteiger partial charge < -0.3 is 9.26 Å². The second-order valence-electron chi connectivity index (χ2n) is 6.26. The Balaban J connectivity index is 1.79. The van der Waals surface area contributed by atoms with E-state index in [4.69, 9.17) is 9.26 Å². The van der Waals surface area contributed by atoms with Gasteiger partial charge in [-0.1, -0.05) is 29.4 Å². The molecule has 27 heavy (non-hydrogen) atoms. The molecule has 0 fully saturated rings. The summed E-state index contributed by atoms with van der Waals surface area (Å²) in [6, 6.07) is 11.5. The number of carbonyl (C=O) groups is 1. The molecule has 140 valence electrons. The zero-order valence-corrected chi connectivity index (χ0v) is 17.1. The maximum absolute atomic E-state index is 12.4. The van der Waals surface area contributed by atoms with Crippen LogP contribution in [0.5, 0.6) is 0 Å². The number of hydrogen-bond donors (Lipinski definition) is 1. The lowest BCUT2D eigenvalue weighted by atomic mass is 10.1. The highest BCUT2D eigenvalue weighted by Gasteiger charge is 2.21. The maximum Gasteiger partial charge on any atom is 0.412 e. The molecule has 7 heteroatoms. The number of anilines is 1. The Hall–Kier alpha value is -2.67. The number of carbonyl (C=O) groups excluding carboxylic acids is 1.